The van der Waals surface area contributed by atoms with E-state index >= 15 is 0 Å². The Balaban J connectivity index is 2.01. The SMILES string of the molecule is CCCN(CCC)c1ccc(N=Nc2scc[n+]2CCCSOO[O-])c(C)c1. The molecule has 0 radical (unpaired) electrons. The van der Waals surface area contributed by atoms with Crippen LogP contribution >= 0.6 is 23.4 Å². The van der Waals surface area contributed by atoms with Crippen molar-refractivity contribution in [3.05, 3.63) is 35.3 Å². The molecular formula is C19H28N4O3S2. The van der Waals surface area contributed by atoms with Crippen molar-refractivity contribution < 1.29 is 19.2 Å². The summed E-state index contributed by atoms with van der Waals surface area (Å²) in [7, 11) is 0. The van der Waals surface area contributed by atoms with Crippen molar-refractivity contribution in [2.45, 2.75) is 46.6 Å². The first kappa shape index (κ1) is 22.8. The van der Waals surface area contributed by atoms with Crippen molar-refractivity contribution in [2.24, 2.45) is 10.2 Å². The Morgan fingerprint density at radius 1 is 1.21 bits per heavy atom. The molecule has 9 heteroatoms. The number of aryl methyl sites for hydroxylation is 2. The maximum Gasteiger partial charge on any atom is 0.408 e. The van der Waals surface area contributed by atoms with Crippen LogP contribution in [0.25, 0.3) is 0 Å². The quantitative estimate of drug-likeness (QED) is 0.117. The van der Waals surface area contributed by atoms with E-state index < -0.39 is 0 Å². The van der Waals surface area contributed by atoms with Crippen LogP contribution in [-0.2, 0) is 15.9 Å². The topological polar surface area (TPSA) is 73.4 Å². The second-order valence-corrected chi connectivity index (χ2v) is 8.00. The fraction of sp³-hybridized carbons (Fsp3) is 0.526. The van der Waals surface area contributed by atoms with E-state index in [-0.39, 0.29) is 0 Å². The predicted octanol–water partition coefficient (Wildman–Crippen LogP) is 4.65. The minimum atomic E-state index is 0.661. The van der Waals surface area contributed by atoms with E-state index in [1.54, 1.807) is 11.3 Å². The Labute approximate surface area is 175 Å². The number of aromatic nitrogens is 1. The van der Waals surface area contributed by atoms with Crippen molar-refractivity contribution in [3.63, 3.8) is 0 Å². The van der Waals surface area contributed by atoms with Gasteiger partial charge in [0.2, 0.25) is 0 Å². The maximum atomic E-state index is 9.77. The van der Waals surface area contributed by atoms with Crippen molar-refractivity contribution in [3.8, 4) is 0 Å². The lowest BCUT2D eigenvalue weighted by molar-refractivity contribution is -0.777. The molecule has 0 saturated heterocycles. The van der Waals surface area contributed by atoms with Gasteiger partial charge in [-0.1, -0.05) is 13.8 Å². The van der Waals surface area contributed by atoms with E-state index in [0.717, 1.165) is 67.3 Å². The lowest BCUT2D eigenvalue weighted by Crippen LogP contribution is -2.31. The molecule has 2 aromatic rings. The average molecular weight is 425 g/mol. The van der Waals surface area contributed by atoms with Crippen LogP contribution in [0.2, 0.25) is 0 Å². The summed E-state index contributed by atoms with van der Waals surface area (Å²) in [4.78, 5) is 2.42. The van der Waals surface area contributed by atoms with Crippen LogP contribution in [-0.4, -0.2) is 18.8 Å². The molecular weight excluding hydrogens is 396 g/mol. The van der Waals surface area contributed by atoms with Gasteiger partial charge in [-0.15, -0.1) is 0 Å². The van der Waals surface area contributed by atoms with Crippen molar-refractivity contribution in [2.75, 3.05) is 23.7 Å². The van der Waals surface area contributed by atoms with Gasteiger partial charge in [0.15, 0.2) is 0 Å². The molecule has 28 heavy (non-hydrogen) atoms. The highest BCUT2D eigenvalue weighted by molar-refractivity contribution is 7.94. The summed E-state index contributed by atoms with van der Waals surface area (Å²) in [5.41, 5.74) is 3.24. The highest BCUT2D eigenvalue weighted by Gasteiger charge is 2.13. The molecule has 2 rings (SSSR count). The second kappa shape index (κ2) is 12.8. The van der Waals surface area contributed by atoms with Crippen LogP contribution in [0.15, 0.2) is 40.0 Å². The molecule has 0 spiro atoms. The molecule has 7 nitrogen and oxygen atoms in total. The number of nitrogens with zero attached hydrogens (tertiary/aromatic N) is 4. The molecule has 0 unspecified atom stereocenters. The van der Waals surface area contributed by atoms with Gasteiger partial charge in [0.25, 0.3) is 0 Å². The third-order valence-electron chi connectivity index (χ3n) is 4.14. The van der Waals surface area contributed by atoms with Crippen molar-refractivity contribution in [1.82, 2.24) is 0 Å². The van der Waals surface area contributed by atoms with Crippen LogP contribution in [0.3, 0.4) is 0 Å². The molecule has 0 atom stereocenters. The lowest BCUT2D eigenvalue weighted by atomic mass is 10.1. The number of rotatable bonds is 13. The third-order valence-corrected chi connectivity index (χ3v) is 5.53. The van der Waals surface area contributed by atoms with E-state index in [1.807, 2.05) is 22.2 Å². The van der Waals surface area contributed by atoms with E-state index in [4.69, 9.17) is 0 Å². The Morgan fingerprint density at radius 3 is 2.68 bits per heavy atom. The highest BCUT2D eigenvalue weighted by atomic mass is 32.2. The zero-order chi connectivity index (χ0) is 20.2. The molecule has 154 valence electrons. The fourth-order valence-electron chi connectivity index (χ4n) is 2.85. The smallest absolute Gasteiger partial charge is 0.408 e. The van der Waals surface area contributed by atoms with Crippen LogP contribution in [0.1, 0.15) is 38.7 Å². The van der Waals surface area contributed by atoms with Gasteiger partial charge in [-0.2, -0.15) is 4.33 Å². The summed E-state index contributed by atoms with van der Waals surface area (Å²) in [5, 5.41) is 24.8. The molecule has 0 aliphatic heterocycles. The van der Waals surface area contributed by atoms with E-state index in [9.17, 15) is 5.26 Å². The van der Waals surface area contributed by atoms with Crippen molar-refractivity contribution in [1.29, 1.82) is 0 Å². The number of hydrogen-bond donors (Lipinski definition) is 0. The van der Waals surface area contributed by atoms with Gasteiger partial charge in [0, 0.05) is 42.0 Å². The molecule has 0 aliphatic carbocycles. The van der Waals surface area contributed by atoms with E-state index in [0.29, 0.717) is 5.75 Å². The van der Waals surface area contributed by atoms with Crippen LogP contribution < -0.4 is 14.7 Å². The summed E-state index contributed by atoms with van der Waals surface area (Å²) in [6.45, 7) is 9.39. The van der Waals surface area contributed by atoms with Crippen LogP contribution in [0, 0.1) is 6.92 Å². The molecule has 0 saturated carbocycles. The first-order valence-corrected chi connectivity index (χ1v) is 11.3. The second-order valence-electron chi connectivity index (χ2n) is 6.35. The van der Waals surface area contributed by atoms with Gasteiger partial charge in [0.05, 0.1) is 11.7 Å². The largest absolute Gasteiger partial charge is 0.691 e. The van der Waals surface area contributed by atoms with Gasteiger partial charge in [-0.05, 0) is 66.4 Å². The third kappa shape index (κ3) is 7.14. The van der Waals surface area contributed by atoms with Gasteiger partial charge in [-0.25, -0.2) is 4.57 Å². The fourth-order valence-corrected chi connectivity index (χ4v) is 3.91. The van der Waals surface area contributed by atoms with Gasteiger partial charge in [0.1, 0.15) is 11.9 Å². The lowest BCUT2D eigenvalue weighted by Gasteiger charge is -2.24. The zero-order valence-electron chi connectivity index (χ0n) is 16.7. The summed E-state index contributed by atoms with van der Waals surface area (Å²) in [5.74, 6) is 0.661. The number of anilines is 1. The highest BCUT2D eigenvalue weighted by Crippen LogP contribution is 2.27. The molecule has 0 amide bonds. The molecule has 0 aliphatic rings. The Kier molecular flexibility index (Phi) is 10.4. The standard InChI is InChI=1S/C19H28N4O3S2/c1-4-9-22(10-5-2)17-7-8-18(16(3)15-17)20-21-19-23(12-14-27-19)11-6-13-28-26-25-24/h7-8,12,14-15H,4-6,9-11,13H2,1-3H3. The molecule has 1 aromatic heterocycles. The monoisotopic (exact) mass is 424 g/mol. The van der Waals surface area contributed by atoms with E-state index in [2.05, 4.69) is 57.4 Å². The summed E-state index contributed by atoms with van der Waals surface area (Å²) < 4.78 is 6.31. The number of benzene rings is 1. The Bertz CT molecular complexity index is 734. The van der Waals surface area contributed by atoms with Gasteiger partial charge < -0.3 is 10.2 Å². The molecule has 0 fully saturated rings. The van der Waals surface area contributed by atoms with Crippen LogP contribution in [0.5, 0.6) is 0 Å². The normalized spacial score (nSPS) is 11.4. The summed E-state index contributed by atoms with van der Waals surface area (Å²) >= 11 is 2.55. The molecule has 1 aromatic carbocycles. The average Bonchev–Trinajstić information content (AvgIpc) is 3.14. The zero-order valence-corrected chi connectivity index (χ0v) is 18.3. The molecule has 1 heterocycles. The summed E-state index contributed by atoms with van der Waals surface area (Å²) in [6.07, 6.45) is 5.08. The Morgan fingerprint density at radius 2 is 2.00 bits per heavy atom. The summed E-state index contributed by atoms with van der Waals surface area (Å²) in [6, 6.07) is 6.36. The van der Waals surface area contributed by atoms with E-state index in [1.165, 1.54) is 5.69 Å². The van der Waals surface area contributed by atoms with Gasteiger partial charge >= 0.3 is 5.13 Å². The predicted molar refractivity (Wildman–Crippen MR) is 112 cm³/mol. The maximum absolute atomic E-state index is 9.77. The molecule has 0 bridgehead atoms. The first-order chi connectivity index (χ1) is 13.7. The number of hydrogen-bond acceptors (Lipinski definition) is 8. The molecule has 0 N–H and O–H groups in total. The first-order valence-electron chi connectivity index (χ1n) is 9.52. The Hall–Kier alpha value is -1.52. The minimum absolute atomic E-state index is 0.661. The van der Waals surface area contributed by atoms with Crippen molar-refractivity contribution >= 4 is 39.9 Å². The number of thiazole rings is 1. The van der Waals surface area contributed by atoms with Gasteiger partial charge in [-0.3, -0.25) is 5.04 Å². The van der Waals surface area contributed by atoms with Crippen LogP contribution in [0.4, 0.5) is 16.5 Å². The minimum Gasteiger partial charge on any atom is -0.691 e. The number of azo groups is 1.